The molecule has 8 heteroatoms. The lowest BCUT2D eigenvalue weighted by molar-refractivity contribution is -0.122. The molecule has 1 aliphatic heterocycles. The van der Waals surface area contributed by atoms with Gasteiger partial charge in [0.1, 0.15) is 5.25 Å². The van der Waals surface area contributed by atoms with Gasteiger partial charge in [0, 0.05) is 16.6 Å². The fourth-order valence-corrected chi connectivity index (χ4v) is 3.66. The zero-order valence-corrected chi connectivity index (χ0v) is 16.9. The van der Waals surface area contributed by atoms with E-state index in [4.69, 9.17) is 0 Å². The molecule has 0 radical (unpaired) electrons. The molecule has 1 atom stereocenters. The molecule has 0 bridgehead atoms. The van der Waals surface area contributed by atoms with E-state index in [0.29, 0.717) is 10.9 Å². The first-order chi connectivity index (χ1) is 13.0. The van der Waals surface area contributed by atoms with Gasteiger partial charge >= 0.3 is 0 Å². The van der Waals surface area contributed by atoms with Gasteiger partial charge in [-0.15, -0.1) is 5.10 Å². The predicted octanol–water partition coefficient (Wildman–Crippen LogP) is 3.71. The first kappa shape index (κ1) is 19.3. The van der Waals surface area contributed by atoms with Crippen LogP contribution in [0.1, 0.15) is 17.5 Å². The van der Waals surface area contributed by atoms with Crippen molar-refractivity contribution in [3.8, 4) is 0 Å². The number of amidine groups is 1. The van der Waals surface area contributed by atoms with E-state index in [2.05, 4.69) is 36.8 Å². The molecule has 27 heavy (non-hydrogen) atoms. The summed E-state index contributed by atoms with van der Waals surface area (Å²) in [5.74, 6) is -0.473. The van der Waals surface area contributed by atoms with Gasteiger partial charge in [0.15, 0.2) is 5.17 Å². The molecule has 1 fully saturated rings. The molecule has 138 valence electrons. The Bertz CT molecular complexity index is 912. The maximum Gasteiger partial charge on any atom is 0.240 e. The smallest absolute Gasteiger partial charge is 0.240 e. The van der Waals surface area contributed by atoms with Crippen LogP contribution in [0.4, 0.5) is 5.69 Å². The summed E-state index contributed by atoms with van der Waals surface area (Å²) in [4.78, 5) is 24.2. The highest BCUT2D eigenvalue weighted by Gasteiger charge is 2.32. The van der Waals surface area contributed by atoms with Crippen LogP contribution < -0.4 is 10.6 Å². The van der Waals surface area contributed by atoms with Gasteiger partial charge in [-0.1, -0.05) is 63.6 Å². The van der Waals surface area contributed by atoms with Crippen LogP contribution >= 0.6 is 27.7 Å². The summed E-state index contributed by atoms with van der Waals surface area (Å²) < 4.78 is 0.870. The van der Waals surface area contributed by atoms with Crippen LogP contribution in [0, 0.1) is 6.92 Å². The van der Waals surface area contributed by atoms with Crippen molar-refractivity contribution in [1.29, 1.82) is 0 Å². The first-order valence-corrected chi connectivity index (χ1v) is 9.87. The normalized spacial score (nSPS) is 18.1. The quantitative estimate of drug-likeness (QED) is 0.544. The maximum absolute atomic E-state index is 12.2. The molecule has 1 heterocycles. The summed E-state index contributed by atoms with van der Waals surface area (Å²) in [5, 5.41) is 13.3. The third kappa shape index (κ3) is 5.77. The van der Waals surface area contributed by atoms with Gasteiger partial charge in [0.05, 0.1) is 6.21 Å². The standard InChI is InChI=1S/C19H17BrN4O2S/c1-12-5-7-13(8-6-12)11-21-24-19-23-18(26)16(27-19)10-17(25)22-15-4-2-3-14(20)9-15/h2-9,11,16H,10H2,1H3,(H,22,25)(H,23,24,26). The van der Waals surface area contributed by atoms with Gasteiger partial charge in [-0.2, -0.15) is 5.10 Å². The van der Waals surface area contributed by atoms with Crippen LogP contribution in [0.15, 0.2) is 63.2 Å². The summed E-state index contributed by atoms with van der Waals surface area (Å²) in [7, 11) is 0. The van der Waals surface area contributed by atoms with Gasteiger partial charge in [-0.25, -0.2) is 0 Å². The second kappa shape index (κ2) is 8.96. The summed E-state index contributed by atoms with van der Waals surface area (Å²) in [6.45, 7) is 2.01. The van der Waals surface area contributed by atoms with Crippen molar-refractivity contribution in [2.45, 2.75) is 18.6 Å². The molecule has 3 rings (SSSR count). The molecular weight excluding hydrogens is 428 g/mol. The lowest BCUT2D eigenvalue weighted by Crippen LogP contribution is -2.28. The van der Waals surface area contributed by atoms with Crippen LogP contribution in [0.5, 0.6) is 0 Å². The predicted molar refractivity (Wildman–Crippen MR) is 113 cm³/mol. The van der Waals surface area contributed by atoms with Crippen LogP contribution in [0.2, 0.25) is 0 Å². The van der Waals surface area contributed by atoms with E-state index in [1.165, 1.54) is 17.3 Å². The molecule has 6 nitrogen and oxygen atoms in total. The van der Waals surface area contributed by atoms with Gasteiger partial charge < -0.3 is 10.6 Å². The second-order valence-electron chi connectivity index (χ2n) is 5.92. The highest BCUT2D eigenvalue weighted by Crippen LogP contribution is 2.23. The van der Waals surface area contributed by atoms with Crippen molar-refractivity contribution >= 4 is 56.6 Å². The number of carbonyl (C=O) groups is 2. The largest absolute Gasteiger partial charge is 0.326 e. The fourth-order valence-electron chi connectivity index (χ4n) is 2.33. The molecule has 1 aliphatic rings. The van der Waals surface area contributed by atoms with E-state index in [1.54, 1.807) is 18.3 Å². The number of halogens is 1. The Balaban J connectivity index is 1.55. The maximum atomic E-state index is 12.2. The monoisotopic (exact) mass is 444 g/mol. The van der Waals surface area contributed by atoms with Crippen LogP contribution in [0.25, 0.3) is 0 Å². The van der Waals surface area contributed by atoms with Crippen LogP contribution in [-0.2, 0) is 9.59 Å². The van der Waals surface area contributed by atoms with E-state index in [0.717, 1.165) is 10.0 Å². The van der Waals surface area contributed by atoms with Crippen molar-refractivity contribution in [2.75, 3.05) is 5.32 Å². The third-order valence-corrected chi connectivity index (χ3v) is 5.25. The second-order valence-corrected chi connectivity index (χ2v) is 8.03. The SMILES string of the molecule is Cc1ccc(C=N/N=C2\NC(=O)C(CC(=O)Nc3cccc(Br)c3)S2)cc1. The van der Waals surface area contributed by atoms with E-state index >= 15 is 0 Å². The van der Waals surface area contributed by atoms with Gasteiger partial charge in [-0.05, 0) is 30.7 Å². The number of benzene rings is 2. The number of aryl methyl sites for hydroxylation is 1. The Morgan fingerprint density at radius 1 is 1.30 bits per heavy atom. The Morgan fingerprint density at radius 2 is 2.07 bits per heavy atom. The van der Waals surface area contributed by atoms with Crippen molar-refractivity contribution in [3.05, 3.63) is 64.1 Å². The summed E-state index contributed by atoms with van der Waals surface area (Å²) in [6.07, 6.45) is 1.68. The highest BCUT2D eigenvalue weighted by molar-refractivity contribution is 9.10. The minimum Gasteiger partial charge on any atom is -0.326 e. The van der Waals surface area contributed by atoms with E-state index in [9.17, 15) is 9.59 Å². The van der Waals surface area contributed by atoms with Crippen molar-refractivity contribution < 1.29 is 9.59 Å². The number of hydrogen-bond acceptors (Lipinski definition) is 5. The lowest BCUT2D eigenvalue weighted by atomic mass is 10.2. The third-order valence-electron chi connectivity index (χ3n) is 3.69. The summed E-state index contributed by atoms with van der Waals surface area (Å²) in [5.41, 5.74) is 2.76. The molecule has 2 amide bonds. The zero-order chi connectivity index (χ0) is 19.2. The number of hydrogen-bond donors (Lipinski definition) is 2. The number of carbonyl (C=O) groups excluding carboxylic acids is 2. The number of nitrogens with zero attached hydrogens (tertiary/aromatic N) is 2. The Labute approximate surface area is 169 Å². The number of rotatable bonds is 5. The van der Waals surface area contributed by atoms with Gasteiger partial charge in [-0.3, -0.25) is 9.59 Å². The van der Waals surface area contributed by atoms with Gasteiger partial charge in [0.25, 0.3) is 0 Å². The number of nitrogens with one attached hydrogen (secondary N) is 2. The topological polar surface area (TPSA) is 82.9 Å². The lowest BCUT2D eigenvalue weighted by Gasteiger charge is -2.07. The summed E-state index contributed by atoms with van der Waals surface area (Å²) in [6, 6.07) is 15.1. The van der Waals surface area contributed by atoms with E-state index in [-0.39, 0.29) is 18.2 Å². The first-order valence-electron chi connectivity index (χ1n) is 8.20. The minimum absolute atomic E-state index is 0.0592. The Kier molecular flexibility index (Phi) is 6.41. The molecule has 2 aromatic rings. The average Bonchev–Trinajstić information content (AvgIpc) is 2.96. The number of thioether (sulfide) groups is 1. The molecule has 1 saturated heterocycles. The molecule has 0 saturated carbocycles. The van der Waals surface area contributed by atoms with Gasteiger partial charge in [0.2, 0.25) is 11.8 Å². The molecule has 0 aliphatic carbocycles. The van der Waals surface area contributed by atoms with Crippen molar-refractivity contribution in [2.24, 2.45) is 10.2 Å². The average molecular weight is 445 g/mol. The molecule has 2 aromatic carbocycles. The number of amides is 2. The highest BCUT2D eigenvalue weighted by atomic mass is 79.9. The van der Waals surface area contributed by atoms with E-state index in [1.807, 2.05) is 43.3 Å². The Morgan fingerprint density at radius 3 is 2.81 bits per heavy atom. The van der Waals surface area contributed by atoms with Crippen LogP contribution in [0.3, 0.4) is 0 Å². The van der Waals surface area contributed by atoms with Crippen LogP contribution in [-0.4, -0.2) is 28.4 Å². The molecule has 0 aromatic heterocycles. The summed E-state index contributed by atoms with van der Waals surface area (Å²) >= 11 is 4.56. The number of anilines is 1. The van der Waals surface area contributed by atoms with E-state index < -0.39 is 5.25 Å². The Hall–Kier alpha value is -2.45. The molecule has 0 spiro atoms. The molecule has 2 N–H and O–H groups in total. The minimum atomic E-state index is -0.523. The molecule has 1 unspecified atom stereocenters. The molecular formula is C19H17BrN4O2S. The van der Waals surface area contributed by atoms with Crippen molar-refractivity contribution in [1.82, 2.24) is 5.32 Å². The zero-order valence-electron chi connectivity index (χ0n) is 14.5. The van der Waals surface area contributed by atoms with Crippen molar-refractivity contribution in [3.63, 3.8) is 0 Å². The fraction of sp³-hybridized carbons (Fsp3) is 0.158.